The summed E-state index contributed by atoms with van der Waals surface area (Å²) in [5, 5.41) is 5.17. The number of rotatable bonds is 5. The molecule has 2 N–H and O–H groups in total. The summed E-state index contributed by atoms with van der Waals surface area (Å²) in [4.78, 5) is 80.0. The van der Waals surface area contributed by atoms with Gasteiger partial charge in [-0.2, -0.15) is 0 Å². The van der Waals surface area contributed by atoms with Crippen molar-refractivity contribution >= 4 is 69.5 Å². The third-order valence-electron chi connectivity index (χ3n) is 7.23. The second kappa shape index (κ2) is 10.5. The molecule has 0 saturated heterocycles. The lowest BCUT2D eigenvalue weighted by Crippen LogP contribution is -2.27. The molecule has 42 heavy (non-hydrogen) atoms. The minimum Gasteiger partial charge on any atom is -0.324 e. The Morgan fingerprint density at radius 2 is 0.762 bits per heavy atom. The molecule has 0 radical (unpaired) electrons. The highest BCUT2D eigenvalue weighted by Gasteiger charge is 2.38. The Morgan fingerprint density at radius 1 is 0.452 bits per heavy atom. The normalized spacial score (nSPS) is 13.1. The lowest BCUT2D eigenvalue weighted by atomic mass is 9.75. The van der Waals surface area contributed by atoms with Gasteiger partial charge in [-0.25, -0.2) is 0 Å². The molecule has 0 aliphatic heterocycles. The molecule has 10 heteroatoms. The zero-order valence-electron chi connectivity index (χ0n) is 21.5. The van der Waals surface area contributed by atoms with Crippen LogP contribution in [-0.2, 0) is 9.59 Å². The van der Waals surface area contributed by atoms with Crippen LogP contribution in [-0.4, -0.2) is 46.7 Å². The van der Waals surface area contributed by atoms with Crippen molar-refractivity contribution in [2.24, 2.45) is 0 Å². The van der Waals surface area contributed by atoms with E-state index in [2.05, 4.69) is 10.6 Å². The van der Waals surface area contributed by atoms with Crippen molar-refractivity contribution in [3.63, 3.8) is 0 Å². The summed E-state index contributed by atoms with van der Waals surface area (Å²) in [5.74, 6) is -3.93. The average molecular weight is 597 g/mol. The number of ketones is 4. The van der Waals surface area contributed by atoms with E-state index in [1.54, 1.807) is 24.3 Å². The molecule has 206 valence electrons. The van der Waals surface area contributed by atoms with Gasteiger partial charge in [-0.15, -0.1) is 23.2 Å². The van der Waals surface area contributed by atoms with Crippen LogP contribution in [0, 0.1) is 0 Å². The summed E-state index contributed by atoms with van der Waals surface area (Å²) in [5.41, 5.74) is 1.02. The fourth-order valence-electron chi connectivity index (χ4n) is 5.47. The van der Waals surface area contributed by atoms with Crippen molar-refractivity contribution in [2.75, 3.05) is 22.4 Å². The van der Waals surface area contributed by atoms with E-state index in [0.29, 0.717) is 0 Å². The van der Waals surface area contributed by atoms with E-state index in [1.807, 2.05) is 0 Å². The summed E-state index contributed by atoms with van der Waals surface area (Å²) in [6.45, 7) is 0. The van der Waals surface area contributed by atoms with Crippen molar-refractivity contribution in [1.82, 2.24) is 0 Å². The van der Waals surface area contributed by atoms with E-state index >= 15 is 0 Å². The van der Waals surface area contributed by atoms with E-state index in [4.69, 9.17) is 23.2 Å². The van der Waals surface area contributed by atoms with Crippen LogP contribution in [0.5, 0.6) is 0 Å². The van der Waals surface area contributed by atoms with Gasteiger partial charge in [-0.3, -0.25) is 28.8 Å². The van der Waals surface area contributed by atoms with E-state index in [-0.39, 0.29) is 78.8 Å². The highest BCUT2D eigenvalue weighted by atomic mass is 35.5. The third-order valence-corrected chi connectivity index (χ3v) is 7.72. The SMILES string of the molecule is O=C(CCl)Nc1ccc(-c2ccc(NC(=O)CCl)c3c2C(=O)c2ccccc2C3=O)c2c1C(=O)c1ccccc1C2=O. The molecule has 0 heterocycles. The molecule has 2 amide bonds. The topological polar surface area (TPSA) is 126 Å². The lowest BCUT2D eigenvalue weighted by Gasteiger charge is -2.26. The zero-order valence-corrected chi connectivity index (χ0v) is 23.1. The molecule has 2 aliphatic carbocycles. The van der Waals surface area contributed by atoms with Gasteiger partial charge < -0.3 is 10.6 Å². The molecular formula is C32H18Cl2N2O6. The second-order valence-electron chi connectivity index (χ2n) is 9.59. The monoisotopic (exact) mass is 596 g/mol. The van der Waals surface area contributed by atoms with Gasteiger partial charge in [0.1, 0.15) is 11.8 Å². The molecule has 2 aliphatic rings. The highest BCUT2D eigenvalue weighted by molar-refractivity contribution is 6.36. The molecule has 8 nitrogen and oxygen atoms in total. The van der Waals surface area contributed by atoms with Crippen LogP contribution < -0.4 is 10.6 Å². The van der Waals surface area contributed by atoms with Gasteiger partial charge in [0, 0.05) is 33.4 Å². The van der Waals surface area contributed by atoms with Crippen LogP contribution in [0.4, 0.5) is 11.4 Å². The van der Waals surface area contributed by atoms with Gasteiger partial charge in [-0.1, -0.05) is 60.7 Å². The maximum atomic E-state index is 14.0. The molecule has 4 aromatic rings. The molecule has 0 spiro atoms. The molecule has 0 saturated carbocycles. The Hall–Kier alpha value is -4.92. The van der Waals surface area contributed by atoms with Gasteiger partial charge in [0.2, 0.25) is 11.8 Å². The van der Waals surface area contributed by atoms with Gasteiger partial charge in [0.05, 0.1) is 22.5 Å². The molecular weight excluding hydrogens is 579 g/mol. The number of anilines is 2. The van der Waals surface area contributed by atoms with Crippen LogP contribution in [0.3, 0.4) is 0 Å². The van der Waals surface area contributed by atoms with E-state index in [0.717, 1.165) is 0 Å². The second-order valence-corrected chi connectivity index (χ2v) is 10.1. The first-order valence-corrected chi connectivity index (χ1v) is 13.8. The number of fused-ring (bicyclic) bond motifs is 4. The summed E-state index contributed by atoms with van der Waals surface area (Å²) in [6, 6.07) is 18.5. The maximum Gasteiger partial charge on any atom is 0.239 e. The zero-order chi connectivity index (χ0) is 29.7. The first kappa shape index (κ1) is 27.3. The van der Waals surface area contributed by atoms with E-state index < -0.39 is 34.9 Å². The summed E-state index contributed by atoms with van der Waals surface area (Å²) >= 11 is 11.4. The number of hydrogen-bond donors (Lipinski definition) is 2. The minimum absolute atomic E-state index is 0.0371. The molecule has 0 bridgehead atoms. The summed E-state index contributed by atoms with van der Waals surface area (Å²) in [6.07, 6.45) is 0. The predicted octanol–water partition coefficient (Wildman–Crippen LogP) is 5.26. The van der Waals surface area contributed by atoms with Gasteiger partial charge in [0.25, 0.3) is 0 Å². The Kier molecular flexibility index (Phi) is 6.80. The summed E-state index contributed by atoms with van der Waals surface area (Å²) < 4.78 is 0. The van der Waals surface area contributed by atoms with Crippen molar-refractivity contribution in [3.8, 4) is 11.1 Å². The van der Waals surface area contributed by atoms with Gasteiger partial charge in [-0.05, 0) is 23.3 Å². The van der Waals surface area contributed by atoms with Crippen LogP contribution in [0.1, 0.15) is 63.7 Å². The molecule has 6 rings (SSSR count). The van der Waals surface area contributed by atoms with Crippen LogP contribution in [0.15, 0.2) is 72.8 Å². The number of hydrogen-bond acceptors (Lipinski definition) is 6. The Labute approximate surface area is 248 Å². The first-order valence-electron chi connectivity index (χ1n) is 12.7. The summed E-state index contributed by atoms with van der Waals surface area (Å²) in [7, 11) is 0. The number of nitrogens with one attached hydrogen (secondary N) is 2. The first-order chi connectivity index (χ1) is 20.3. The standard InChI is InChI=1S/C32H18Cl2N2O6/c33-13-23(37)35-21-11-9-15(25-27(21)31(41)19-7-3-1-5-17(19)29(25)39)16-10-12-22(36-24(38)14-34)28-26(16)30(40)18-6-2-4-8-20(18)32(28)42/h1-12H,13-14H2,(H,35,37)(H,36,38). The fraction of sp³-hybridized carbons (Fsp3) is 0.0625. The van der Waals surface area contributed by atoms with Gasteiger partial charge >= 0.3 is 0 Å². The van der Waals surface area contributed by atoms with Gasteiger partial charge in [0.15, 0.2) is 23.1 Å². The number of halogens is 2. The van der Waals surface area contributed by atoms with Crippen LogP contribution >= 0.6 is 23.2 Å². The molecule has 0 atom stereocenters. The molecule has 0 aromatic heterocycles. The van der Waals surface area contributed by atoms with Crippen molar-refractivity contribution in [2.45, 2.75) is 0 Å². The highest BCUT2D eigenvalue weighted by Crippen LogP contribution is 2.43. The third kappa shape index (κ3) is 4.15. The minimum atomic E-state index is -0.583. The quantitative estimate of drug-likeness (QED) is 0.261. The Balaban J connectivity index is 1.67. The number of carbonyl (C=O) groups excluding carboxylic acids is 6. The smallest absolute Gasteiger partial charge is 0.239 e. The van der Waals surface area contributed by atoms with Crippen LogP contribution in [0.25, 0.3) is 11.1 Å². The molecule has 4 aromatic carbocycles. The average Bonchev–Trinajstić information content (AvgIpc) is 3.02. The number of benzene rings is 4. The number of carbonyl (C=O) groups is 6. The Morgan fingerprint density at radius 3 is 1.07 bits per heavy atom. The molecule has 0 unspecified atom stereocenters. The predicted molar refractivity (Wildman–Crippen MR) is 157 cm³/mol. The van der Waals surface area contributed by atoms with Crippen molar-refractivity contribution < 1.29 is 28.8 Å². The molecule has 0 fully saturated rings. The number of amides is 2. The van der Waals surface area contributed by atoms with Crippen molar-refractivity contribution in [3.05, 3.63) is 117 Å². The fourth-order valence-corrected chi connectivity index (χ4v) is 5.60. The van der Waals surface area contributed by atoms with Crippen molar-refractivity contribution in [1.29, 1.82) is 0 Å². The maximum absolute atomic E-state index is 14.0. The largest absolute Gasteiger partial charge is 0.324 e. The Bertz CT molecular complexity index is 1790. The van der Waals surface area contributed by atoms with E-state index in [9.17, 15) is 28.8 Å². The number of alkyl halides is 2. The van der Waals surface area contributed by atoms with E-state index in [1.165, 1.54) is 48.5 Å². The van der Waals surface area contributed by atoms with Crippen LogP contribution in [0.2, 0.25) is 0 Å². The lowest BCUT2D eigenvalue weighted by molar-refractivity contribution is -0.114.